The summed E-state index contributed by atoms with van der Waals surface area (Å²) in [6.45, 7) is 9.90. The highest BCUT2D eigenvalue weighted by Crippen LogP contribution is 2.41. The standard InChI is InChI=1S/C12H23NO2/c1-10(14)13-8-6-12(15-5,7-9-13)11(2,3)4/h6-9H2,1-5H3. The SMILES string of the molecule is COC1(C(C)(C)C)CCN(C(C)=O)CC1. The van der Waals surface area contributed by atoms with E-state index in [1.54, 1.807) is 14.0 Å². The molecule has 0 saturated carbocycles. The van der Waals surface area contributed by atoms with Gasteiger partial charge in [0.15, 0.2) is 0 Å². The molecule has 1 fully saturated rings. The maximum absolute atomic E-state index is 11.2. The van der Waals surface area contributed by atoms with Crippen molar-refractivity contribution in [3.05, 3.63) is 0 Å². The summed E-state index contributed by atoms with van der Waals surface area (Å²) in [5, 5.41) is 0. The Bertz CT molecular complexity index is 234. The summed E-state index contributed by atoms with van der Waals surface area (Å²) >= 11 is 0. The summed E-state index contributed by atoms with van der Waals surface area (Å²) in [5.74, 6) is 0.175. The van der Waals surface area contributed by atoms with Gasteiger partial charge in [-0.15, -0.1) is 0 Å². The number of nitrogens with zero attached hydrogens (tertiary/aromatic N) is 1. The molecule has 0 spiro atoms. The Balaban J connectivity index is 2.71. The van der Waals surface area contributed by atoms with Crippen molar-refractivity contribution in [2.45, 2.75) is 46.1 Å². The zero-order valence-corrected chi connectivity index (χ0v) is 10.6. The molecular weight excluding hydrogens is 190 g/mol. The summed E-state index contributed by atoms with van der Waals surface area (Å²) in [7, 11) is 1.79. The van der Waals surface area contributed by atoms with Crippen LogP contribution in [0.15, 0.2) is 0 Å². The van der Waals surface area contributed by atoms with Crippen LogP contribution in [0, 0.1) is 5.41 Å². The monoisotopic (exact) mass is 213 g/mol. The smallest absolute Gasteiger partial charge is 0.219 e. The van der Waals surface area contributed by atoms with Crippen molar-refractivity contribution in [2.75, 3.05) is 20.2 Å². The normalized spacial score (nSPS) is 21.5. The van der Waals surface area contributed by atoms with Crippen molar-refractivity contribution >= 4 is 5.91 Å². The second-order valence-electron chi connectivity index (χ2n) is 5.45. The highest BCUT2D eigenvalue weighted by atomic mass is 16.5. The van der Waals surface area contributed by atoms with E-state index in [1.165, 1.54) is 0 Å². The van der Waals surface area contributed by atoms with E-state index < -0.39 is 0 Å². The summed E-state index contributed by atoms with van der Waals surface area (Å²) in [4.78, 5) is 13.1. The lowest BCUT2D eigenvalue weighted by atomic mass is 9.70. The number of hydrogen-bond acceptors (Lipinski definition) is 2. The first-order valence-electron chi connectivity index (χ1n) is 5.63. The third kappa shape index (κ3) is 2.33. The Morgan fingerprint density at radius 3 is 2.00 bits per heavy atom. The number of hydrogen-bond donors (Lipinski definition) is 0. The molecule has 0 aromatic carbocycles. The molecule has 0 aromatic heterocycles. The molecule has 0 atom stereocenters. The molecule has 0 unspecified atom stereocenters. The molecule has 1 aliphatic heterocycles. The molecule has 1 aliphatic rings. The number of methoxy groups -OCH3 is 1. The number of ether oxygens (including phenoxy) is 1. The maximum atomic E-state index is 11.2. The third-order valence-corrected chi connectivity index (χ3v) is 3.77. The number of likely N-dealkylation sites (tertiary alicyclic amines) is 1. The van der Waals surface area contributed by atoms with Crippen LogP contribution in [0.2, 0.25) is 0 Å². The number of piperidine rings is 1. The Morgan fingerprint density at radius 2 is 1.73 bits per heavy atom. The van der Waals surface area contributed by atoms with Gasteiger partial charge in [-0.2, -0.15) is 0 Å². The molecule has 15 heavy (non-hydrogen) atoms. The summed E-state index contributed by atoms with van der Waals surface area (Å²) in [5.41, 5.74) is 0.0591. The minimum Gasteiger partial charge on any atom is -0.378 e. The molecule has 88 valence electrons. The molecule has 3 heteroatoms. The van der Waals surface area contributed by atoms with E-state index in [0.29, 0.717) is 0 Å². The van der Waals surface area contributed by atoms with Crippen molar-refractivity contribution in [1.29, 1.82) is 0 Å². The van der Waals surface area contributed by atoms with E-state index >= 15 is 0 Å². The second-order valence-corrected chi connectivity index (χ2v) is 5.45. The highest BCUT2D eigenvalue weighted by molar-refractivity contribution is 5.73. The molecule has 0 radical (unpaired) electrons. The first-order valence-corrected chi connectivity index (χ1v) is 5.63. The van der Waals surface area contributed by atoms with Crippen LogP contribution in [-0.2, 0) is 9.53 Å². The first-order chi connectivity index (χ1) is 6.82. The first kappa shape index (κ1) is 12.5. The van der Waals surface area contributed by atoms with Gasteiger partial charge in [-0.3, -0.25) is 4.79 Å². The van der Waals surface area contributed by atoms with Crippen LogP contribution in [0.1, 0.15) is 40.5 Å². The molecule has 1 saturated heterocycles. The Kier molecular flexibility index (Phi) is 3.44. The molecule has 3 nitrogen and oxygen atoms in total. The fourth-order valence-corrected chi connectivity index (χ4v) is 2.44. The van der Waals surface area contributed by atoms with Crippen molar-refractivity contribution in [2.24, 2.45) is 5.41 Å². The van der Waals surface area contributed by atoms with Crippen LogP contribution >= 0.6 is 0 Å². The van der Waals surface area contributed by atoms with E-state index in [1.807, 2.05) is 4.90 Å². The van der Waals surface area contributed by atoms with Crippen LogP contribution in [0.25, 0.3) is 0 Å². The predicted molar refractivity (Wildman–Crippen MR) is 60.7 cm³/mol. The quantitative estimate of drug-likeness (QED) is 0.667. The molecule has 0 N–H and O–H groups in total. The zero-order valence-electron chi connectivity index (χ0n) is 10.6. The van der Waals surface area contributed by atoms with Crippen molar-refractivity contribution in [3.63, 3.8) is 0 Å². The lowest BCUT2D eigenvalue weighted by Gasteiger charge is -2.48. The van der Waals surface area contributed by atoms with Gasteiger partial charge in [0, 0.05) is 27.1 Å². The molecule has 1 amide bonds. The van der Waals surface area contributed by atoms with E-state index in [2.05, 4.69) is 20.8 Å². The minimum absolute atomic E-state index is 0.0705. The lowest BCUT2D eigenvalue weighted by molar-refractivity contribution is -0.146. The summed E-state index contributed by atoms with van der Waals surface area (Å²) in [6.07, 6.45) is 1.87. The number of carbonyl (C=O) groups excluding carboxylic acids is 1. The van der Waals surface area contributed by atoms with Gasteiger partial charge in [0.2, 0.25) is 5.91 Å². The van der Waals surface area contributed by atoms with E-state index in [0.717, 1.165) is 25.9 Å². The molecule has 1 rings (SSSR count). The zero-order chi connectivity index (χ0) is 11.7. The van der Waals surface area contributed by atoms with Gasteiger partial charge in [0.05, 0.1) is 5.60 Å². The Hall–Kier alpha value is -0.570. The average molecular weight is 213 g/mol. The molecule has 1 heterocycles. The van der Waals surface area contributed by atoms with E-state index in [9.17, 15) is 4.79 Å². The molecular formula is C12H23NO2. The Morgan fingerprint density at radius 1 is 1.27 bits per heavy atom. The van der Waals surface area contributed by atoms with Crippen LogP contribution < -0.4 is 0 Å². The van der Waals surface area contributed by atoms with Crippen molar-refractivity contribution < 1.29 is 9.53 Å². The largest absolute Gasteiger partial charge is 0.378 e. The molecule has 0 bridgehead atoms. The summed E-state index contributed by atoms with van der Waals surface area (Å²) in [6, 6.07) is 0. The van der Waals surface area contributed by atoms with Crippen LogP contribution in [0.4, 0.5) is 0 Å². The van der Waals surface area contributed by atoms with Crippen molar-refractivity contribution in [3.8, 4) is 0 Å². The van der Waals surface area contributed by atoms with E-state index in [4.69, 9.17) is 4.74 Å². The highest BCUT2D eigenvalue weighted by Gasteiger charge is 2.44. The van der Waals surface area contributed by atoms with Crippen LogP contribution in [0.5, 0.6) is 0 Å². The fourth-order valence-electron chi connectivity index (χ4n) is 2.44. The number of rotatable bonds is 1. The molecule has 0 aliphatic carbocycles. The van der Waals surface area contributed by atoms with Gasteiger partial charge in [-0.05, 0) is 18.3 Å². The Labute approximate surface area is 92.8 Å². The van der Waals surface area contributed by atoms with Crippen molar-refractivity contribution in [1.82, 2.24) is 4.90 Å². The fraction of sp³-hybridized carbons (Fsp3) is 0.917. The third-order valence-electron chi connectivity index (χ3n) is 3.77. The van der Waals surface area contributed by atoms with Gasteiger partial charge in [0.1, 0.15) is 0 Å². The maximum Gasteiger partial charge on any atom is 0.219 e. The number of amides is 1. The van der Waals surface area contributed by atoms with Gasteiger partial charge in [-0.1, -0.05) is 20.8 Å². The number of carbonyl (C=O) groups is 1. The average Bonchev–Trinajstić information content (AvgIpc) is 2.16. The van der Waals surface area contributed by atoms with Gasteiger partial charge >= 0.3 is 0 Å². The molecule has 0 aromatic rings. The van der Waals surface area contributed by atoms with Crippen LogP contribution in [0.3, 0.4) is 0 Å². The predicted octanol–water partition coefficient (Wildman–Crippen LogP) is 2.06. The minimum atomic E-state index is -0.0705. The van der Waals surface area contributed by atoms with E-state index in [-0.39, 0.29) is 16.9 Å². The second kappa shape index (κ2) is 4.12. The van der Waals surface area contributed by atoms with Gasteiger partial charge in [0.25, 0.3) is 0 Å². The van der Waals surface area contributed by atoms with Crippen LogP contribution in [-0.4, -0.2) is 36.6 Å². The van der Waals surface area contributed by atoms with Gasteiger partial charge < -0.3 is 9.64 Å². The topological polar surface area (TPSA) is 29.5 Å². The van der Waals surface area contributed by atoms with Gasteiger partial charge in [-0.25, -0.2) is 0 Å². The lowest BCUT2D eigenvalue weighted by Crippen LogP contribution is -2.53. The summed E-state index contributed by atoms with van der Waals surface area (Å²) < 4.78 is 5.73.